The first-order valence-electron chi connectivity index (χ1n) is 32.8. The number of ketones is 2. The van der Waals surface area contributed by atoms with E-state index in [0.29, 0.717) is 89.2 Å². The molecule has 7 saturated carbocycles. The molecule has 5 heterocycles. The fourth-order valence-electron chi connectivity index (χ4n) is 23.3. The lowest BCUT2D eigenvalue weighted by molar-refractivity contribution is -0.304. The first kappa shape index (κ1) is 56.3. The molecule has 446 valence electrons. The van der Waals surface area contributed by atoms with Crippen LogP contribution in [0.4, 0.5) is 0 Å². The molecule has 2 aromatic heterocycles. The highest BCUT2D eigenvalue weighted by atomic mass is 16.6. The highest BCUT2D eigenvalue weighted by Crippen LogP contribution is 2.85. The fourth-order valence-corrected chi connectivity index (χ4v) is 23.3. The number of ether oxygens (including phenoxy) is 2. The van der Waals surface area contributed by atoms with E-state index >= 15 is 9.59 Å². The van der Waals surface area contributed by atoms with Crippen molar-refractivity contribution in [1.82, 2.24) is 14.9 Å². The van der Waals surface area contributed by atoms with Gasteiger partial charge in [0.25, 0.3) is 0 Å². The average Bonchev–Trinajstić information content (AvgIpc) is 1.07. The number of Topliss-reactive ketones (excluding diaryl/α,β-unsaturated/α-hetero) is 2. The zero-order valence-electron chi connectivity index (χ0n) is 50.6. The second kappa shape index (κ2) is 19.3. The van der Waals surface area contributed by atoms with Crippen molar-refractivity contribution in [2.75, 3.05) is 20.3 Å². The molecule has 82 heavy (non-hydrogen) atoms. The van der Waals surface area contributed by atoms with E-state index in [4.69, 9.17) is 9.47 Å². The summed E-state index contributed by atoms with van der Waals surface area (Å²) in [5, 5.41) is 55.2. The minimum absolute atomic E-state index is 0.000876. The van der Waals surface area contributed by atoms with E-state index in [1.54, 1.807) is 0 Å². The van der Waals surface area contributed by atoms with E-state index in [1.807, 2.05) is 13.8 Å². The van der Waals surface area contributed by atoms with Crippen LogP contribution in [0.25, 0.3) is 11.0 Å². The van der Waals surface area contributed by atoms with Crippen LogP contribution in [-0.2, 0) is 42.4 Å². The molecule has 12 nitrogen and oxygen atoms in total. The molecule has 2 saturated heterocycles. The summed E-state index contributed by atoms with van der Waals surface area (Å²) < 4.78 is 14.3. The van der Waals surface area contributed by atoms with E-state index < -0.39 is 73.8 Å². The van der Waals surface area contributed by atoms with E-state index in [-0.39, 0.29) is 35.2 Å². The van der Waals surface area contributed by atoms with Crippen molar-refractivity contribution in [3.05, 3.63) is 69.6 Å². The zero-order chi connectivity index (χ0) is 57.4. The van der Waals surface area contributed by atoms with Gasteiger partial charge in [-0.25, -0.2) is 0 Å². The van der Waals surface area contributed by atoms with Crippen molar-refractivity contribution < 1.29 is 44.3 Å². The van der Waals surface area contributed by atoms with E-state index in [0.717, 1.165) is 141 Å². The third kappa shape index (κ3) is 7.87. The van der Waals surface area contributed by atoms with E-state index in [1.165, 1.54) is 12.0 Å². The molecule has 12 heteroatoms. The summed E-state index contributed by atoms with van der Waals surface area (Å²) in [6, 6.07) is 6.79. The number of benzene rings is 1. The molecular formula is C70H97N3O9. The summed E-state index contributed by atoms with van der Waals surface area (Å²) in [5.74, 6) is -0.628. The van der Waals surface area contributed by atoms with Gasteiger partial charge in [-0.05, 0) is 183 Å². The van der Waals surface area contributed by atoms with E-state index in [9.17, 15) is 25.2 Å². The zero-order valence-corrected chi connectivity index (χ0v) is 50.6. The number of fused-ring (bicyclic) bond motifs is 7. The molecule has 3 aliphatic heterocycles. The monoisotopic (exact) mass is 1120 g/mol. The van der Waals surface area contributed by atoms with Crippen molar-refractivity contribution in [2.45, 2.75) is 256 Å². The maximum absolute atomic E-state index is 16.1. The number of nitrogens with zero attached hydrogens (tertiary/aromatic N) is 1. The average molecular weight is 1120 g/mol. The molecule has 0 unspecified atom stereocenters. The Morgan fingerprint density at radius 3 is 2.29 bits per heavy atom. The number of carbonyl (C=O) groups excluding carboxylic acids is 3. The molecule has 0 radical (unpaired) electrons. The van der Waals surface area contributed by atoms with Crippen LogP contribution >= 0.6 is 0 Å². The topological polar surface area (TPSA) is 187 Å². The SMILES string of the molecule is CN[C@H]1CCC[C@@]2(C1)C(=O)C[C@@]1(CC[C@@H](O)C1)[C@@]1(C)[C@H]3[C@H](O)[C@H]4Cn5cc([C@H](C=O)c6cc(C7CCCCC7)cc(C7(O)CCOCC7)c6)c6[nH]cc(c65)CC[C@@](C)(C[C@@H](O)[C@H]5OC5(C)C)C5=C4[C@](C)(CC5=O)[C@@]3(C)CC3(CCCC3)[C@@H]21. The number of epoxide rings is 1. The van der Waals surface area contributed by atoms with Crippen LogP contribution in [0.2, 0.25) is 0 Å². The highest BCUT2D eigenvalue weighted by molar-refractivity contribution is 6.02. The van der Waals surface area contributed by atoms with Crippen molar-refractivity contribution in [2.24, 2.45) is 55.7 Å². The van der Waals surface area contributed by atoms with Crippen molar-refractivity contribution in [1.29, 1.82) is 0 Å². The Bertz CT molecular complexity index is 3100. The molecule has 8 aliphatic carbocycles. The molecule has 3 spiro atoms. The normalized spacial score (nSPS) is 41.9. The second-order valence-electron chi connectivity index (χ2n) is 31.4. The van der Waals surface area contributed by atoms with Crippen LogP contribution in [0.5, 0.6) is 0 Å². The van der Waals surface area contributed by atoms with Gasteiger partial charge >= 0.3 is 0 Å². The maximum atomic E-state index is 16.1. The molecule has 14 rings (SSSR count). The molecule has 6 N–H and O–H groups in total. The first-order chi connectivity index (χ1) is 39.0. The van der Waals surface area contributed by atoms with Crippen molar-refractivity contribution in [3.63, 3.8) is 0 Å². The summed E-state index contributed by atoms with van der Waals surface area (Å²) in [5.41, 5.74) is 3.18. The number of aldehydes is 1. The summed E-state index contributed by atoms with van der Waals surface area (Å²) in [4.78, 5) is 50.1. The quantitative estimate of drug-likeness (QED) is 0.0889. The molecule has 11 aliphatic rings. The Hall–Kier alpha value is -3.49. The molecule has 3 aromatic rings. The van der Waals surface area contributed by atoms with Crippen molar-refractivity contribution in [3.8, 4) is 0 Å². The van der Waals surface area contributed by atoms with Gasteiger partial charge < -0.3 is 49.6 Å². The molecular weight excluding hydrogens is 1030 g/mol. The lowest BCUT2D eigenvalue weighted by atomic mass is 9.25. The predicted octanol–water partition coefficient (Wildman–Crippen LogP) is 11.4. The number of allylic oxidation sites excluding steroid dienone is 1. The second-order valence-corrected chi connectivity index (χ2v) is 31.4. The number of aromatic amines is 1. The third-order valence-electron chi connectivity index (χ3n) is 27.0. The number of carbonyl (C=O) groups is 3. The lowest BCUT2D eigenvalue weighted by Gasteiger charge is -2.78. The summed E-state index contributed by atoms with van der Waals surface area (Å²) >= 11 is 0. The van der Waals surface area contributed by atoms with Gasteiger partial charge in [-0.3, -0.25) is 9.59 Å². The number of H-pyrrole nitrogens is 1. The lowest BCUT2D eigenvalue weighted by Crippen LogP contribution is -2.77. The summed E-state index contributed by atoms with van der Waals surface area (Å²) in [7, 11) is 2.06. The minimum Gasteiger partial charge on any atom is -0.393 e. The maximum Gasteiger partial charge on any atom is 0.160 e. The van der Waals surface area contributed by atoms with Gasteiger partial charge in [0.15, 0.2) is 5.78 Å². The third-order valence-corrected chi connectivity index (χ3v) is 27.0. The molecule has 0 bridgehead atoms. The fraction of sp³-hybridized carbons (Fsp3) is 0.757. The van der Waals surface area contributed by atoms with Gasteiger partial charge in [0.1, 0.15) is 18.2 Å². The molecule has 9 fully saturated rings. The Balaban J connectivity index is 0.978. The first-order valence-corrected chi connectivity index (χ1v) is 32.8. The number of aromatic nitrogens is 2. The minimum atomic E-state index is -1.07. The number of nitrogens with one attached hydrogen (secondary N) is 2. The van der Waals surface area contributed by atoms with Crippen LogP contribution in [0.1, 0.15) is 229 Å². The number of hydrogen-bond acceptors (Lipinski definition) is 10. The van der Waals surface area contributed by atoms with Crippen LogP contribution in [0.15, 0.2) is 41.7 Å². The Labute approximate surface area is 487 Å². The number of aliphatic hydroxyl groups is 4. The van der Waals surface area contributed by atoms with Crippen LogP contribution < -0.4 is 5.32 Å². The van der Waals surface area contributed by atoms with E-state index in [2.05, 4.69) is 80.2 Å². The number of rotatable bonds is 9. The van der Waals surface area contributed by atoms with Crippen molar-refractivity contribution >= 4 is 28.9 Å². The Morgan fingerprint density at radius 2 is 1.61 bits per heavy atom. The number of aliphatic hydroxyl groups excluding tert-OH is 3. The van der Waals surface area contributed by atoms with Gasteiger partial charge in [0, 0.05) is 91.8 Å². The molecule has 15 atom stereocenters. The number of hydrogen-bond donors (Lipinski definition) is 6. The standard InChI is InChI=1S/C70H97N3O9/c1-62(2)60(82-62)52(77)33-63(3)22-17-42-36-72-56-48(50(39-74)44-28-43(41-14-9-8-10-15-41)29-45(30-44)70(80)24-26-81-27-25-70)37-73(57(42)56)38-49-54-55(63)51(76)34-64(54,4)65(5)40-67(19-11-12-20-67)61-66(6,59(65)58(49)79)68(23-18-47(75)32-68)35-53(78)69(61)21-13-16-46(31-69)71-7/h28-30,36-37,39,41,46-47,49-50,52,58-61,71-72,75,77,79-80H,8-27,31-35,38,40H2,1-7H3/t46-,47+,49-,50+,52+,58+,59-,60+,61-,63-,64-,65-,66-,68-,69+/m0/s1. The van der Waals surface area contributed by atoms with Gasteiger partial charge in [-0.1, -0.05) is 84.4 Å². The summed E-state index contributed by atoms with van der Waals surface area (Å²) in [6.45, 7) is 15.0. The van der Waals surface area contributed by atoms with Gasteiger partial charge in [0.05, 0.1) is 46.5 Å². The summed E-state index contributed by atoms with van der Waals surface area (Å²) in [6.07, 6.45) is 22.4. The smallest absolute Gasteiger partial charge is 0.160 e. The van der Waals surface area contributed by atoms with Gasteiger partial charge in [0.2, 0.25) is 0 Å². The Morgan fingerprint density at radius 1 is 0.866 bits per heavy atom. The van der Waals surface area contributed by atoms with Crippen LogP contribution in [0.3, 0.4) is 0 Å². The van der Waals surface area contributed by atoms with Gasteiger partial charge in [-0.15, -0.1) is 0 Å². The van der Waals surface area contributed by atoms with Crippen LogP contribution in [-0.4, -0.2) is 104 Å². The molecule has 1 aromatic carbocycles. The number of aryl methyl sites for hydroxylation is 1. The predicted molar refractivity (Wildman–Crippen MR) is 315 cm³/mol. The van der Waals surface area contributed by atoms with Crippen LogP contribution in [0, 0.1) is 55.7 Å². The Kier molecular flexibility index (Phi) is 13.2. The largest absolute Gasteiger partial charge is 0.393 e. The van der Waals surface area contributed by atoms with Gasteiger partial charge in [-0.2, -0.15) is 0 Å². The molecule has 0 amide bonds. The highest BCUT2D eigenvalue weighted by Gasteiger charge is 2.82.